The van der Waals surface area contributed by atoms with Crippen molar-refractivity contribution in [1.82, 2.24) is 5.32 Å². The van der Waals surface area contributed by atoms with Crippen molar-refractivity contribution in [3.63, 3.8) is 0 Å². The fraction of sp³-hybridized carbons (Fsp3) is 0.857. The fourth-order valence-corrected chi connectivity index (χ4v) is 1.17. The molecular weight excluding hydrogens is 130 g/mol. The van der Waals surface area contributed by atoms with Crippen molar-refractivity contribution < 1.29 is 10.2 Å². The highest BCUT2D eigenvalue weighted by atomic mass is 16.3. The van der Waals surface area contributed by atoms with Gasteiger partial charge in [0.25, 0.3) is 0 Å². The summed E-state index contributed by atoms with van der Waals surface area (Å²) in [7, 11) is 0. The molecule has 1 rings (SSSR count). The molecule has 1 heterocycles. The molecule has 58 valence electrons. The fourth-order valence-electron chi connectivity index (χ4n) is 1.17. The average Bonchev–Trinajstić information content (AvgIpc) is 2.05. The van der Waals surface area contributed by atoms with Crippen LogP contribution in [-0.4, -0.2) is 36.0 Å². The smallest absolute Gasteiger partial charge is 0.0601 e. The first-order valence-corrected chi connectivity index (χ1v) is 3.58. The van der Waals surface area contributed by atoms with Gasteiger partial charge in [0.2, 0.25) is 0 Å². The molecule has 10 heavy (non-hydrogen) atoms. The molecular formula is C7H13NO2. The number of aliphatic hydroxyl groups excluding tert-OH is 2. The molecule has 1 aliphatic rings. The molecule has 3 heteroatoms. The second-order valence-electron chi connectivity index (χ2n) is 2.60. The molecule has 0 amide bonds. The third kappa shape index (κ3) is 1.94. The number of hydrogen-bond acceptors (Lipinski definition) is 2. The van der Waals surface area contributed by atoms with E-state index in [2.05, 4.69) is 5.32 Å². The molecule has 1 aliphatic heterocycles. The van der Waals surface area contributed by atoms with Gasteiger partial charge in [-0.25, -0.2) is 5.32 Å². The van der Waals surface area contributed by atoms with Gasteiger partial charge in [0.1, 0.15) is 0 Å². The second-order valence-corrected chi connectivity index (χ2v) is 2.60. The van der Waals surface area contributed by atoms with Crippen molar-refractivity contribution >= 4 is 0 Å². The predicted molar refractivity (Wildman–Crippen MR) is 37.4 cm³/mol. The van der Waals surface area contributed by atoms with Crippen LogP contribution in [0.4, 0.5) is 0 Å². The normalized spacial score (nSPS) is 28.8. The number of rotatable bonds is 2. The summed E-state index contributed by atoms with van der Waals surface area (Å²) in [4.78, 5) is 0. The van der Waals surface area contributed by atoms with Crippen molar-refractivity contribution in [1.29, 1.82) is 0 Å². The molecule has 0 aromatic carbocycles. The number of hydrogen-bond donors (Lipinski definition) is 2. The third-order valence-corrected chi connectivity index (χ3v) is 1.81. The van der Waals surface area contributed by atoms with Gasteiger partial charge in [0.15, 0.2) is 0 Å². The van der Waals surface area contributed by atoms with Gasteiger partial charge in [-0.05, 0) is 12.8 Å². The zero-order chi connectivity index (χ0) is 7.40. The monoisotopic (exact) mass is 143 g/mol. The minimum Gasteiger partial charge on any atom is -0.396 e. The highest BCUT2D eigenvalue weighted by molar-refractivity contribution is 4.97. The second kappa shape index (κ2) is 3.91. The maximum absolute atomic E-state index is 8.74. The Morgan fingerprint density at radius 3 is 2.90 bits per heavy atom. The molecule has 0 spiro atoms. The summed E-state index contributed by atoms with van der Waals surface area (Å²) >= 11 is 0. The summed E-state index contributed by atoms with van der Waals surface area (Å²) in [5, 5.41) is 21.6. The van der Waals surface area contributed by atoms with Gasteiger partial charge in [-0.2, -0.15) is 0 Å². The van der Waals surface area contributed by atoms with Crippen molar-refractivity contribution in [2.75, 3.05) is 19.8 Å². The molecule has 0 aromatic rings. The van der Waals surface area contributed by atoms with Gasteiger partial charge >= 0.3 is 0 Å². The molecule has 2 N–H and O–H groups in total. The van der Waals surface area contributed by atoms with E-state index in [0.717, 1.165) is 25.3 Å². The summed E-state index contributed by atoms with van der Waals surface area (Å²) < 4.78 is 0. The summed E-state index contributed by atoms with van der Waals surface area (Å²) in [5.74, 6) is 1.12. The topological polar surface area (TPSA) is 54.6 Å². The number of piperidine rings is 1. The summed E-state index contributed by atoms with van der Waals surface area (Å²) in [6.07, 6.45) is 1.67. The van der Waals surface area contributed by atoms with Gasteiger partial charge in [-0.15, -0.1) is 0 Å². The maximum atomic E-state index is 8.74. The SMILES string of the molecule is OC[C]1CC[N]C(CO)C1. The molecule has 3 nitrogen and oxygen atoms in total. The lowest BCUT2D eigenvalue weighted by Crippen LogP contribution is -2.35. The zero-order valence-corrected chi connectivity index (χ0v) is 5.95. The largest absolute Gasteiger partial charge is 0.396 e. The highest BCUT2D eigenvalue weighted by Gasteiger charge is 2.21. The first kappa shape index (κ1) is 7.98. The summed E-state index contributed by atoms with van der Waals surface area (Å²) in [5.41, 5.74) is 0. The van der Waals surface area contributed by atoms with E-state index in [1.54, 1.807) is 0 Å². The van der Waals surface area contributed by atoms with Crippen molar-refractivity contribution in [2.45, 2.75) is 18.9 Å². The Kier molecular flexibility index (Phi) is 3.12. The van der Waals surface area contributed by atoms with E-state index in [0.29, 0.717) is 0 Å². The molecule has 1 fully saturated rings. The lowest BCUT2D eigenvalue weighted by Gasteiger charge is -2.25. The van der Waals surface area contributed by atoms with Gasteiger partial charge in [0, 0.05) is 25.1 Å². The standard InChI is InChI=1S/C7H13NO2/c9-4-6-1-2-8-7(3-6)5-10/h7,9-10H,1-5H2. The Bertz CT molecular complexity index is 87.6. The summed E-state index contributed by atoms with van der Waals surface area (Å²) in [6.45, 7) is 1.04. The lowest BCUT2D eigenvalue weighted by molar-refractivity contribution is 0.205. The molecule has 0 aromatic heterocycles. The number of nitrogens with zero attached hydrogens (tertiary/aromatic N) is 1. The predicted octanol–water partition coefficient (Wildman–Crippen LogP) is -0.688. The van der Waals surface area contributed by atoms with E-state index in [9.17, 15) is 0 Å². The van der Waals surface area contributed by atoms with Crippen LogP contribution in [0.1, 0.15) is 12.8 Å². The van der Waals surface area contributed by atoms with Crippen molar-refractivity contribution in [2.24, 2.45) is 0 Å². The third-order valence-electron chi connectivity index (χ3n) is 1.81. The average molecular weight is 143 g/mol. The van der Waals surface area contributed by atoms with Crippen molar-refractivity contribution in [3.05, 3.63) is 5.92 Å². The number of aliphatic hydroxyl groups is 2. The minimum atomic E-state index is 0.0518. The first-order valence-electron chi connectivity index (χ1n) is 3.58. The Hall–Kier alpha value is -0.120. The zero-order valence-electron chi connectivity index (χ0n) is 5.95. The summed E-state index contributed by atoms with van der Waals surface area (Å²) in [6, 6.07) is 0.0518. The lowest BCUT2D eigenvalue weighted by atomic mass is 9.94. The van der Waals surface area contributed by atoms with Crippen LogP contribution in [0, 0.1) is 5.92 Å². The quantitative estimate of drug-likeness (QED) is 0.537. The van der Waals surface area contributed by atoms with E-state index in [-0.39, 0.29) is 19.3 Å². The van der Waals surface area contributed by atoms with Crippen LogP contribution in [-0.2, 0) is 0 Å². The molecule has 1 saturated heterocycles. The van der Waals surface area contributed by atoms with E-state index < -0.39 is 0 Å². The van der Waals surface area contributed by atoms with Gasteiger partial charge in [-0.3, -0.25) is 0 Å². The first-order chi connectivity index (χ1) is 4.86. The Balaban J connectivity index is 2.25. The van der Waals surface area contributed by atoms with E-state index >= 15 is 0 Å². The minimum absolute atomic E-state index is 0.0518. The van der Waals surface area contributed by atoms with Crippen LogP contribution in [0.15, 0.2) is 0 Å². The molecule has 1 unspecified atom stereocenters. The Morgan fingerprint density at radius 1 is 1.50 bits per heavy atom. The molecule has 1 atom stereocenters. The van der Waals surface area contributed by atoms with Crippen LogP contribution in [0.3, 0.4) is 0 Å². The van der Waals surface area contributed by atoms with Crippen LogP contribution in [0.25, 0.3) is 0 Å². The van der Waals surface area contributed by atoms with Crippen LogP contribution in [0.5, 0.6) is 0 Å². The van der Waals surface area contributed by atoms with E-state index in [4.69, 9.17) is 10.2 Å². The van der Waals surface area contributed by atoms with Crippen LogP contribution in [0.2, 0.25) is 0 Å². The Morgan fingerprint density at radius 2 is 2.30 bits per heavy atom. The molecule has 0 bridgehead atoms. The molecule has 0 aliphatic carbocycles. The molecule has 0 saturated carbocycles. The van der Waals surface area contributed by atoms with E-state index in [1.165, 1.54) is 0 Å². The Labute approximate surface area is 61.1 Å². The van der Waals surface area contributed by atoms with Gasteiger partial charge < -0.3 is 10.2 Å². The van der Waals surface area contributed by atoms with E-state index in [1.807, 2.05) is 0 Å². The van der Waals surface area contributed by atoms with Crippen LogP contribution >= 0.6 is 0 Å². The highest BCUT2D eigenvalue weighted by Crippen LogP contribution is 2.17. The van der Waals surface area contributed by atoms with Crippen LogP contribution < -0.4 is 5.32 Å². The maximum Gasteiger partial charge on any atom is 0.0601 e. The van der Waals surface area contributed by atoms with Crippen molar-refractivity contribution in [3.8, 4) is 0 Å². The molecule has 2 radical (unpaired) electrons. The van der Waals surface area contributed by atoms with Gasteiger partial charge in [0.05, 0.1) is 6.61 Å². The van der Waals surface area contributed by atoms with Gasteiger partial charge in [-0.1, -0.05) is 0 Å².